The topological polar surface area (TPSA) is 81.1 Å². The van der Waals surface area contributed by atoms with Gasteiger partial charge in [0.1, 0.15) is 5.01 Å². The minimum absolute atomic E-state index is 0.128. The summed E-state index contributed by atoms with van der Waals surface area (Å²) in [4.78, 5) is 17.6. The summed E-state index contributed by atoms with van der Waals surface area (Å²) in [5, 5.41) is 10.9. The van der Waals surface area contributed by atoms with Crippen molar-refractivity contribution in [2.45, 2.75) is 39.8 Å². The van der Waals surface area contributed by atoms with Crippen LogP contribution in [0.2, 0.25) is 0 Å². The molecule has 0 aliphatic rings. The van der Waals surface area contributed by atoms with Crippen LogP contribution < -0.4 is 15.4 Å². The standard InChI is InChI=1S/C15H23N5O2S/c1-6-11-7-16-13(23-11)10(3)18-15(21)17-8-12-9(2)19-20(4)14(12)22-5/h7,10H,6,8H2,1-5H3,(H2,17,18,21)/t10-/m1/s1. The molecule has 0 bridgehead atoms. The zero-order valence-corrected chi connectivity index (χ0v) is 15.0. The van der Waals surface area contributed by atoms with Crippen LogP contribution in [0, 0.1) is 6.92 Å². The van der Waals surface area contributed by atoms with Crippen molar-refractivity contribution in [2.75, 3.05) is 7.11 Å². The van der Waals surface area contributed by atoms with Gasteiger partial charge in [-0.2, -0.15) is 5.10 Å². The fraction of sp³-hybridized carbons (Fsp3) is 0.533. The van der Waals surface area contributed by atoms with Crippen molar-refractivity contribution in [3.63, 3.8) is 0 Å². The van der Waals surface area contributed by atoms with E-state index in [9.17, 15) is 4.79 Å². The molecule has 8 heteroatoms. The van der Waals surface area contributed by atoms with Gasteiger partial charge in [0.05, 0.1) is 31.0 Å². The second-order valence-electron chi connectivity index (χ2n) is 5.26. The second kappa shape index (κ2) is 7.45. The van der Waals surface area contributed by atoms with E-state index in [1.165, 1.54) is 4.88 Å². The molecule has 0 saturated heterocycles. The number of hydrogen-bond donors (Lipinski definition) is 2. The lowest BCUT2D eigenvalue weighted by atomic mass is 10.2. The molecular weight excluding hydrogens is 314 g/mol. The molecule has 0 saturated carbocycles. The van der Waals surface area contributed by atoms with E-state index >= 15 is 0 Å². The molecule has 2 heterocycles. The van der Waals surface area contributed by atoms with Crippen molar-refractivity contribution in [3.05, 3.63) is 27.3 Å². The minimum atomic E-state index is -0.240. The minimum Gasteiger partial charge on any atom is -0.481 e. The van der Waals surface area contributed by atoms with Gasteiger partial charge in [0.2, 0.25) is 5.88 Å². The van der Waals surface area contributed by atoms with E-state index in [-0.39, 0.29) is 12.1 Å². The molecule has 0 spiro atoms. The number of urea groups is 1. The zero-order valence-electron chi connectivity index (χ0n) is 14.1. The van der Waals surface area contributed by atoms with Crippen LogP contribution in [0.3, 0.4) is 0 Å². The molecular formula is C15H23N5O2S. The molecule has 2 rings (SSSR count). The first-order valence-corrected chi connectivity index (χ1v) is 8.33. The number of rotatable bonds is 6. The molecule has 23 heavy (non-hydrogen) atoms. The van der Waals surface area contributed by atoms with Crippen molar-refractivity contribution in [3.8, 4) is 5.88 Å². The molecule has 7 nitrogen and oxygen atoms in total. The predicted octanol–water partition coefficient (Wildman–Crippen LogP) is 2.32. The summed E-state index contributed by atoms with van der Waals surface area (Å²) >= 11 is 1.62. The first-order chi connectivity index (χ1) is 11.0. The molecule has 0 fully saturated rings. The lowest BCUT2D eigenvalue weighted by Crippen LogP contribution is -2.36. The number of nitrogens with zero attached hydrogens (tertiary/aromatic N) is 3. The van der Waals surface area contributed by atoms with Crippen LogP contribution in [0.15, 0.2) is 6.20 Å². The van der Waals surface area contributed by atoms with E-state index in [2.05, 4.69) is 27.6 Å². The molecule has 2 amide bonds. The van der Waals surface area contributed by atoms with Gasteiger partial charge in [0, 0.05) is 18.1 Å². The van der Waals surface area contributed by atoms with E-state index in [0.29, 0.717) is 12.4 Å². The summed E-state index contributed by atoms with van der Waals surface area (Å²) < 4.78 is 6.98. The van der Waals surface area contributed by atoms with Crippen molar-refractivity contribution in [1.82, 2.24) is 25.4 Å². The van der Waals surface area contributed by atoms with E-state index in [1.807, 2.05) is 27.1 Å². The van der Waals surface area contributed by atoms with Crippen molar-refractivity contribution in [1.29, 1.82) is 0 Å². The Balaban J connectivity index is 1.92. The van der Waals surface area contributed by atoms with Gasteiger partial charge in [-0.25, -0.2) is 14.5 Å². The van der Waals surface area contributed by atoms with Crippen molar-refractivity contribution in [2.24, 2.45) is 7.05 Å². The van der Waals surface area contributed by atoms with Crippen LogP contribution in [-0.4, -0.2) is 27.9 Å². The quantitative estimate of drug-likeness (QED) is 0.847. The van der Waals surface area contributed by atoms with Gasteiger partial charge in [-0.3, -0.25) is 0 Å². The number of hydrogen-bond acceptors (Lipinski definition) is 5. The van der Waals surface area contributed by atoms with Crippen LogP contribution >= 0.6 is 11.3 Å². The number of carbonyl (C=O) groups is 1. The average molecular weight is 337 g/mol. The molecule has 0 aromatic carbocycles. The number of ether oxygens (including phenoxy) is 1. The fourth-order valence-corrected chi connectivity index (χ4v) is 3.16. The van der Waals surface area contributed by atoms with E-state index in [0.717, 1.165) is 22.7 Å². The maximum absolute atomic E-state index is 12.1. The Bertz CT molecular complexity index is 679. The van der Waals surface area contributed by atoms with Crippen molar-refractivity contribution >= 4 is 17.4 Å². The van der Waals surface area contributed by atoms with Gasteiger partial charge in [-0.15, -0.1) is 11.3 Å². The lowest BCUT2D eigenvalue weighted by molar-refractivity contribution is 0.237. The third-order valence-electron chi connectivity index (χ3n) is 3.55. The van der Waals surface area contributed by atoms with Gasteiger partial charge < -0.3 is 15.4 Å². The maximum atomic E-state index is 12.1. The van der Waals surface area contributed by atoms with Gasteiger partial charge in [-0.05, 0) is 20.3 Å². The summed E-state index contributed by atoms with van der Waals surface area (Å²) in [5.41, 5.74) is 1.71. The molecule has 0 unspecified atom stereocenters. The van der Waals surface area contributed by atoms with Crippen LogP contribution in [-0.2, 0) is 20.0 Å². The molecule has 1 atom stereocenters. The predicted molar refractivity (Wildman–Crippen MR) is 89.8 cm³/mol. The number of methoxy groups -OCH3 is 1. The summed E-state index contributed by atoms with van der Waals surface area (Å²) in [6.45, 7) is 6.26. The molecule has 2 N–H and O–H groups in total. The van der Waals surface area contributed by atoms with E-state index in [1.54, 1.807) is 23.1 Å². The summed E-state index contributed by atoms with van der Waals surface area (Å²) in [7, 11) is 3.40. The first-order valence-electron chi connectivity index (χ1n) is 7.51. The van der Waals surface area contributed by atoms with Crippen molar-refractivity contribution < 1.29 is 9.53 Å². The SMILES string of the molecule is CCc1cnc([C@@H](C)NC(=O)NCc2c(C)nn(C)c2OC)s1. The van der Waals surface area contributed by atoms with Gasteiger partial charge in [0.15, 0.2) is 0 Å². The monoisotopic (exact) mass is 337 g/mol. The molecule has 0 radical (unpaired) electrons. The first kappa shape index (κ1) is 17.3. The third kappa shape index (κ3) is 4.01. The number of aromatic nitrogens is 3. The lowest BCUT2D eigenvalue weighted by Gasteiger charge is -2.12. The Labute approximate surface area is 140 Å². The highest BCUT2D eigenvalue weighted by atomic mass is 32.1. The molecule has 0 aliphatic carbocycles. The average Bonchev–Trinajstić information content (AvgIpc) is 3.09. The van der Waals surface area contributed by atoms with E-state index < -0.39 is 0 Å². The Morgan fingerprint density at radius 1 is 1.52 bits per heavy atom. The highest BCUT2D eigenvalue weighted by Crippen LogP contribution is 2.21. The Hall–Kier alpha value is -2.09. The van der Waals surface area contributed by atoms with Crippen LogP contribution in [0.4, 0.5) is 4.79 Å². The Morgan fingerprint density at radius 3 is 2.87 bits per heavy atom. The van der Waals surface area contributed by atoms with Crippen LogP contribution in [0.25, 0.3) is 0 Å². The number of amides is 2. The van der Waals surface area contributed by atoms with E-state index in [4.69, 9.17) is 4.74 Å². The second-order valence-corrected chi connectivity index (χ2v) is 6.41. The highest BCUT2D eigenvalue weighted by molar-refractivity contribution is 7.11. The number of aryl methyl sites for hydroxylation is 3. The fourth-order valence-electron chi connectivity index (χ4n) is 2.30. The van der Waals surface area contributed by atoms with Gasteiger partial charge in [0.25, 0.3) is 0 Å². The summed E-state index contributed by atoms with van der Waals surface area (Å²) in [5.74, 6) is 0.656. The highest BCUT2D eigenvalue weighted by Gasteiger charge is 2.16. The molecule has 2 aromatic rings. The zero-order chi connectivity index (χ0) is 17.0. The normalized spacial score (nSPS) is 12.0. The van der Waals surface area contributed by atoms with Gasteiger partial charge >= 0.3 is 6.03 Å². The Kier molecular flexibility index (Phi) is 5.59. The van der Waals surface area contributed by atoms with Crippen LogP contribution in [0.5, 0.6) is 5.88 Å². The number of thiazole rings is 1. The van der Waals surface area contributed by atoms with Crippen LogP contribution in [0.1, 0.15) is 41.0 Å². The smallest absolute Gasteiger partial charge is 0.315 e. The molecule has 0 aliphatic heterocycles. The van der Waals surface area contributed by atoms with Gasteiger partial charge in [-0.1, -0.05) is 6.92 Å². The Morgan fingerprint density at radius 2 is 2.26 bits per heavy atom. The number of carbonyl (C=O) groups excluding carboxylic acids is 1. The largest absolute Gasteiger partial charge is 0.481 e. The summed E-state index contributed by atoms with van der Waals surface area (Å²) in [6, 6.07) is -0.367. The maximum Gasteiger partial charge on any atom is 0.315 e. The molecule has 2 aromatic heterocycles. The third-order valence-corrected chi connectivity index (χ3v) is 4.87. The number of nitrogens with one attached hydrogen (secondary N) is 2. The molecule has 126 valence electrons. The summed E-state index contributed by atoms with van der Waals surface area (Å²) in [6.07, 6.45) is 2.82.